The van der Waals surface area contributed by atoms with E-state index in [1.807, 2.05) is 0 Å². The Balaban J connectivity index is 1.37. The third-order valence-electron chi connectivity index (χ3n) is 5.96. The summed E-state index contributed by atoms with van der Waals surface area (Å²) in [5, 5.41) is 0. The van der Waals surface area contributed by atoms with Gasteiger partial charge < -0.3 is 15.4 Å². The van der Waals surface area contributed by atoms with E-state index in [0.29, 0.717) is 12.0 Å². The van der Waals surface area contributed by atoms with Crippen molar-refractivity contribution >= 4 is 0 Å². The molecule has 0 spiro atoms. The highest BCUT2D eigenvalue weighted by Gasteiger charge is 2.21. The van der Waals surface area contributed by atoms with Crippen LogP contribution in [-0.2, 0) is 0 Å². The highest BCUT2D eigenvalue weighted by atomic mass is 16.5. The number of nitrogens with two attached hydrogens (primary N) is 1. The van der Waals surface area contributed by atoms with Crippen molar-refractivity contribution in [3.05, 3.63) is 29.8 Å². The van der Waals surface area contributed by atoms with Crippen LogP contribution in [-0.4, -0.2) is 37.2 Å². The summed E-state index contributed by atoms with van der Waals surface area (Å²) < 4.78 is 5.96. The molecule has 1 saturated carbocycles. The van der Waals surface area contributed by atoms with Gasteiger partial charge in [0.15, 0.2) is 0 Å². The van der Waals surface area contributed by atoms with Crippen molar-refractivity contribution in [2.45, 2.75) is 64.3 Å². The van der Waals surface area contributed by atoms with Gasteiger partial charge in [0.1, 0.15) is 5.75 Å². The third kappa shape index (κ3) is 5.72. The van der Waals surface area contributed by atoms with Gasteiger partial charge in [-0.15, -0.1) is 0 Å². The molecular weight excluding hydrogens is 308 g/mol. The van der Waals surface area contributed by atoms with Crippen LogP contribution in [0.2, 0.25) is 0 Å². The van der Waals surface area contributed by atoms with Crippen LogP contribution in [0, 0.1) is 11.8 Å². The van der Waals surface area contributed by atoms with Crippen molar-refractivity contribution in [1.29, 1.82) is 0 Å². The van der Waals surface area contributed by atoms with Crippen molar-refractivity contribution in [3.8, 4) is 5.75 Å². The molecule has 2 N–H and O–H groups in total. The molecule has 0 aromatic heterocycles. The maximum atomic E-state index is 6.01. The fourth-order valence-corrected chi connectivity index (χ4v) is 4.74. The zero-order valence-electron chi connectivity index (χ0n) is 16.1. The minimum Gasteiger partial charge on any atom is -0.494 e. The summed E-state index contributed by atoms with van der Waals surface area (Å²) in [5.74, 6) is 3.38. The Hall–Kier alpha value is -1.06. The molecule has 1 aromatic carbocycles. The summed E-state index contributed by atoms with van der Waals surface area (Å²) in [6, 6.07) is 9.23. The van der Waals surface area contributed by atoms with Crippen LogP contribution in [0.15, 0.2) is 24.3 Å². The minimum absolute atomic E-state index is 0.421. The predicted molar refractivity (Wildman–Crippen MR) is 105 cm³/mol. The van der Waals surface area contributed by atoms with E-state index >= 15 is 0 Å². The van der Waals surface area contributed by atoms with Crippen LogP contribution in [0.5, 0.6) is 5.75 Å². The Morgan fingerprint density at radius 1 is 1.00 bits per heavy atom. The van der Waals surface area contributed by atoms with Gasteiger partial charge in [-0.25, -0.2) is 0 Å². The monoisotopic (exact) mass is 344 g/mol. The molecule has 0 unspecified atom stereocenters. The van der Waals surface area contributed by atoms with E-state index in [9.17, 15) is 0 Å². The summed E-state index contributed by atoms with van der Waals surface area (Å²) in [6.45, 7) is 9.24. The normalized spacial score (nSPS) is 31.0. The van der Waals surface area contributed by atoms with Crippen LogP contribution >= 0.6 is 0 Å². The molecule has 1 heterocycles. The van der Waals surface area contributed by atoms with Crippen LogP contribution in [0.3, 0.4) is 0 Å². The topological polar surface area (TPSA) is 38.5 Å². The number of benzene rings is 1. The lowest BCUT2D eigenvalue weighted by molar-refractivity contribution is 0.132. The Kier molecular flexibility index (Phi) is 6.77. The molecule has 2 aliphatic rings. The number of nitrogens with zero attached hydrogens (tertiary/aromatic N) is 1. The summed E-state index contributed by atoms with van der Waals surface area (Å²) in [4.78, 5) is 2.61. The maximum Gasteiger partial charge on any atom is 0.119 e. The van der Waals surface area contributed by atoms with Crippen LogP contribution in [0.4, 0.5) is 0 Å². The molecule has 3 heteroatoms. The van der Waals surface area contributed by atoms with Crippen molar-refractivity contribution in [2.75, 3.05) is 26.2 Å². The number of piperidine rings is 1. The Bertz CT molecular complexity index is 497. The van der Waals surface area contributed by atoms with Crippen LogP contribution < -0.4 is 10.5 Å². The molecule has 2 fully saturated rings. The summed E-state index contributed by atoms with van der Waals surface area (Å²) >= 11 is 0. The zero-order chi connectivity index (χ0) is 17.6. The highest BCUT2D eigenvalue weighted by Crippen LogP contribution is 2.33. The molecule has 3 rings (SSSR count). The predicted octanol–water partition coefficient (Wildman–Crippen LogP) is 4.42. The lowest BCUT2D eigenvalue weighted by Gasteiger charge is -2.34. The molecule has 3 nitrogen and oxygen atoms in total. The zero-order valence-corrected chi connectivity index (χ0v) is 16.1. The second kappa shape index (κ2) is 9.05. The van der Waals surface area contributed by atoms with Crippen molar-refractivity contribution < 1.29 is 4.74 Å². The van der Waals surface area contributed by atoms with Gasteiger partial charge in [0.25, 0.3) is 0 Å². The van der Waals surface area contributed by atoms with Gasteiger partial charge in [-0.1, -0.05) is 26.0 Å². The molecule has 1 aromatic rings. The average Bonchev–Trinajstić information content (AvgIpc) is 2.59. The lowest BCUT2D eigenvalue weighted by atomic mass is 9.82. The molecule has 0 amide bonds. The van der Waals surface area contributed by atoms with E-state index < -0.39 is 0 Å². The highest BCUT2D eigenvalue weighted by molar-refractivity contribution is 5.29. The molecule has 0 radical (unpaired) electrons. The second-order valence-electron chi connectivity index (χ2n) is 8.59. The quantitative estimate of drug-likeness (QED) is 0.777. The second-order valence-corrected chi connectivity index (χ2v) is 8.59. The van der Waals surface area contributed by atoms with E-state index in [1.165, 1.54) is 37.9 Å². The van der Waals surface area contributed by atoms with Crippen molar-refractivity contribution in [3.63, 3.8) is 0 Å². The Labute approximate surface area is 153 Å². The van der Waals surface area contributed by atoms with Gasteiger partial charge in [0.2, 0.25) is 0 Å². The summed E-state index contributed by atoms with van der Waals surface area (Å²) in [5.41, 5.74) is 7.47. The molecular formula is C22H36N2O. The SMILES string of the molecule is C[C@H]1C[C@H](C)CN(CCCOc2ccc(C3CCC(N)CC3)cc2)C1. The van der Waals surface area contributed by atoms with Gasteiger partial charge in [-0.05, 0) is 74.0 Å². The van der Waals surface area contributed by atoms with E-state index in [4.69, 9.17) is 10.5 Å². The first-order valence-corrected chi connectivity index (χ1v) is 10.3. The van der Waals surface area contributed by atoms with Gasteiger partial charge in [-0.3, -0.25) is 0 Å². The van der Waals surface area contributed by atoms with Gasteiger partial charge in [-0.2, -0.15) is 0 Å². The number of ether oxygens (including phenoxy) is 1. The molecule has 140 valence electrons. The fraction of sp³-hybridized carbons (Fsp3) is 0.727. The standard InChI is InChI=1S/C22H36N2O/c1-17-14-18(2)16-24(15-17)12-3-13-25-22-10-6-20(7-11-22)19-4-8-21(23)9-5-19/h6-7,10-11,17-19,21H,3-5,8-9,12-16,23H2,1-2H3/t17-,18-,19?,21?/m0/s1. The minimum atomic E-state index is 0.421. The first-order valence-electron chi connectivity index (χ1n) is 10.3. The largest absolute Gasteiger partial charge is 0.494 e. The third-order valence-corrected chi connectivity index (χ3v) is 5.96. The van der Waals surface area contributed by atoms with E-state index in [-0.39, 0.29) is 0 Å². The first kappa shape index (κ1) is 18.7. The summed E-state index contributed by atoms with van der Waals surface area (Å²) in [7, 11) is 0. The van der Waals surface area contributed by atoms with Crippen molar-refractivity contribution in [2.24, 2.45) is 17.6 Å². The number of hydrogen-bond donors (Lipinski definition) is 1. The van der Waals surface area contributed by atoms with E-state index in [1.54, 1.807) is 0 Å². The van der Waals surface area contributed by atoms with E-state index in [0.717, 1.165) is 50.0 Å². The molecule has 1 saturated heterocycles. The van der Waals surface area contributed by atoms with Gasteiger partial charge in [0.05, 0.1) is 6.61 Å². The molecule has 1 aliphatic carbocycles. The molecule has 1 aliphatic heterocycles. The molecule has 0 bridgehead atoms. The average molecular weight is 345 g/mol. The fourth-order valence-electron chi connectivity index (χ4n) is 4.74. The summed E-state index contributed by atoms with van der Waals surface area (Å²) in [6.07, 6.45) is 7.28. The lowest BCUT2D eigenvalue weighted by Crippen LogP contribution is -2.39. The maximum absolute atomic E-state index is 6.01. The Morgan fingerprint density at radius 2 is 1.64 bits per heavy atom. The van der Waals surface area contributed by atoms with Crippen molar-refractivity contribution in [1.82, 2.24) is 4.90 Å². The van der Waals surface area contributed by atoms with Gasteiger partial charge >= 0.3 is 0 Å². The number of rotatable bonds is 6. The molecule has 2 atom stereocenters. The Morgan fingerprint density at radius 3 is 2.28 bits per heavy atom. The van der Waals surface area contributed by atoms with Crippen LogP contribution in [0.25, 0.3) is 0 Å². The first-order chi connectivity index (χ1) is 12.1. The van der Waals surface area contributed by atoms with Crippen LogP contribution in [0.1, 0.15) is 63.9 Å². The molecule has 25 heavy (non-hydrogen) atoms. The van der Waals surface area contributed by atoms with E-state index in [2.05, 4.69) is 43.0 Å². The number of likely N-dealkylation sites (tertiary alicyclic amines) is 1. The smallest absolute Gasteiger partial charge is 0.119 e. The number of hydrogen-bond acceptors (Lipinski definition) is 3. The van der Waals surface area contributed by atoms with Gasteiger partial charge in [0, 0.05) is 25.7 Å².